The number of nitrogens with zero attached hydrogens (tertiary/aromatic N) is 1. The minimum Gasteiger partial charge on any atom is -0.438 e. The molecule has 5 fully saturated rings. The number of cyclic esters (lactones) is 1. The van der Waals surface area contributed by atoms with E-state index < -0.39 is 17.4 Å². The van der Waals surface area contributed by atoms with Gasteiger partial charge in [0.25, 0.3) is 0 Å². The van der Waals surface area contributed by atoms with Crippen LogP contribution in [0.15, 0.2) is 0 Å². The second-order valence-electron chi connectivity index (χ2n) is 9.07. The largest absolute Gasteiger partial charge is 0.438 e. The molecule has 0 aromatic carbocycles. The van der Waals surface area contributed by atoms with Gasteiger partial charge >= 0.3 is 6.09 Å². The van der Waals surface area contributed by atoms with Gasteiger partial charge < -0.3 is 14.6 Å². The molecule has 1 aliphatic heterocycles. The molecule has 5 rings (SSSR count). The Balaban J connectivity index is 1.39. The minimum atomic E-state index is -1.29. The van der Waals surface area contributed by atoms with Crippen molar-refractivity contribution in [2.45, 2.75) is 82.6 Å². The second-order valence-corrected chi connectivity index (χ2v) is 9.07. The van der Waals surface area contributed by atoms with Crippen molar-refractivity contribution in [1.29, 1.82) is 0 Å². The van der Waals surface area contributed by atoms with E-state index in [9.17, 15) is 9.90 Å². The first-order valence-corrected chi connectivity index (χ1v) is 9.64. The lowest BCUT2D eigenvalue weighted by Crippen LogP contribution is -2.56. The molecule has 136 valence electrons. The molecule has 0 radical (unpaired) electrons. The van der Waals surface area contributed by atoms with E-state index >= 15 is 0 Å². The molecule has 0 spiro atoms. The van der Waals surface area contributed by atoms with Crippen molar-refractivity contribution in [1.82, 2.24) is 4.90 Å². The van der Waals surface area contributed by atoms with Crippen LogP contribution in [0, 0.1) is 17.8 Å². The average Bonchev–Trinajstić information content (AvgIpc) is 2.65. The maximum Gasteiger partial charge on any atom is 0.412 e. The van der Waals surface area contributed by atoms with E-state index in [1.165, 1.54) is 43.4 Å². The molecule has 5 heteroatoms. The van der Waals surface area contributed by atoms with Gasteiger partial charge in [0.15, 0.2) is 11.3 Å². The fourth-order valence-corrected chi connectivity index (χ4v) is 6.09. The van der Waals surface area contributed by atoms with Crippen LogP contribution in [-0.2, 0) is 9.47 Å². The number of hydrogen-bond acceptors (Lipinski definition) is 4. The molecule has 5 nitrogen and oxygen atoms in total. The Labute approximate surface area is 144 Å². The number of amides is 1. The van der Waals surface area contributed by atoms with Crippen molar-refractivity contribution in [3.8, 4) is 0 Å². The van der Waals surface area contributed by atoms with Crippen LogP contribution < -0.4 is 0 Å². The van der Waals surface area contributed by atoms with Crippen LogP contribution in [0.3, 0.4) is 0 Å². The Morgan fingerprint density at radius 1 is 1.17 bits per heavy atom. The molecular weight excluding hydrogens is 306 g/mol. The van der Waals surface area contributed by atoms with Crippen LogP contribution in [0.4, 0.5) is 4.79 Å². The molecule has 1 N–H and O–H groups in total. The van der Waals surface area contributed by atoms with Crippen molar-refractivity contribution < 1.29 is 19.4 Å². The van der Waals surface area contributed by atoms with Crippen molar-refractivity contribution in [3.05, 3.63) is 0 Å². The van der Waals surface area contributed by atoms with E-state index in [1.807, 2.05) is 6.92 Å². The van der Waals surface area contributed by atoms with E-state index in [-0.39, 0.29) is 5.60 Å². The SMILES string of the molecule is CC[C@]1(C)OC(=O)N(CCOC23CC4CC(CC(C4)C2)C3)[C@]1(C)O. The summed E-state index contributed by atoms with van der Waals surface area (Å²) in [7, 11) is 0. The van der Waals surface area contributed by atoms with Crippen LogP contribution in [-0.4, -0.2) is 46.2 Å². The molecule has 4 bridgehead atoms. The van der Waals surface area contributed by atoms with Crippen molar-refractivity contribution in [2.75, 3.05) is 13.2 Å². The third-order valence-corrected chi connectivity index (χ3v) is 7.44. The minimum absolute atomic E-state index is 0.0400. The Kier molecular flexibility index (Phi) is 3.70. The summed E-state index contributed by atoms with van der Waals surface area (Å²) in [5, 5.41) is 10.8. The molecule has 24 heavy (non-hydrogen) atoms. The topological polar surface area (TPSA) is 59.0 Å². The van der Waals surface area contributed by atoms with Gasteiger partial charge in [0, 0.05) is 0 Å². The molecule has 4 aliphatic carbocycles. The van der Waals surface area contributed by atoms with E-state index in [1.54, 1.807) is 13.8 Å². The molecular formula is C19H31NO4. The molecule has 1 amide bonds. The highest BCUT2D eigenvalue weighted by Gasteiger charge is 2.58. The molecule has 2 atom stereocenters. The summed E-state index contributed by atoms with van der Waals surface area (Å²) in [4.78, 5) is 13.6. The first-order valence-electron chi connectivity index (χ1n) is 9.64. The third-order valence-electron chi connectivity index (χ3n) is 7.44. The molecule has 0 unspecified atom stereocenters. The van der Waals surface area contributed by atoms with Crippen LogP contribution >= 0.6 is 0 Å². The first kappa shape index (κ1) is 16.6. The summed E-state index contributed by atoms with van der Waals surface area (Å²) in [6.45, 7) is 6.27. The van der Waals surface area contributed by atoms with Gasteiger partial charge in [-0.2, -0.15) is 0 Å². The summed E-state index contributed by atoms with van der Waals surface area (Å²) >= 11 is 0. The maximum absolute atomic E-state index is 12.2. The lowest BCUT2D eigenvalue weighted by molar-refractivity contribution is -0.174. The number of rotatable bonds is 5. The van der Waals surface area contributed by atoms with Crippen LogP contribution in [0.1, 0.15) is 65.7 Å². The van der Waals surface area contributed by atoms with Gasteiger partial charge in [-0.05, 0) is 76.5 Å². The predicted molar refractivity (Wildman–Crippen MR) is 89.4 cm³/mol. The molecule has 0 aromatic heterocycles. The Bertz CT molecular complexity index is 496. The van der Waals surface area contributed by atoms with Gasteiger partial charge in [0.05, 0.1) is 18.8 Å². The van der Waals surface area contributed by atoms with Crippen LogP contribution in [0.5, 0.6) is 0 Å². The highest BCUT2D eigenvalue weighted by Crippen LogP contribution is 2.57. The summed E-state index contributed by atoms with van der Waals surface area (Å²) in [5.74, 6) is 2.54. The lowest BCUT2D eigenvalue weighted by Gasteiger charge is -2.56. The van der Waals surface area contributed by atoms with Crippen LogP contribution in [0.25, 0.3) is 0 Å². The number of ether oxygens (including phenoxy) is 2. The Morgan fingerprint density at radius 3 is 2.17 bits per heavy atom. The summed E-state index contributed by atoms with van der Waals surface area (Å²) in [6, 6.07) is 0. The predicted octanol–water partition coefficient (Wildman–Crippen LogP) is 3.30. The van der Waals surface area contributed by atoms with Gasteiger partial charge in [0.2, 0.25) is 0 Å². The molecule has 4 saturated carbocycles. The number of carbonyl (C=O) groups is 1. The van der Waals surface area contributed by atoms with Crippen molar-refractivity contribution in [2.24, 2.45) is 17.8 Å². The first-order chi connectivity index (χ1) is 11.3. The Hall–Kier alpha value is -0.810. The normalized spacial score (nSPS) is 49.8. The fourth-order valence-electron chi connectivity index (χ4n) is 6.09. The van der Waals surface area contributed by atoms with E-state index in [4.69, 9.17) is 9.47 Å². The molecule has 0 aromatic rings. The monoisotopic (exact) mass is 337 g/mol. The quantitative estimate of drug-likeness (QED) is 0.836. The fraction of sp³-hybridized carbons (Fsp3) is 0.947. The van der Waals surface area contributed by atoms with Crippen molar-refractivity contribution in [3.63, 3.8) is 0 Å². The van der Waals surface area contributed by atoms with E-state index in [0.717, 1.165) is 17.8 Å². The van der Waals surface area contributed by atoms with E-state index in [2.05, 4.69) is 0 Å². The highest BCUT2D eigenvalue weighted by molar-refractivity contribution is 5.72. The summed E-state index contributed by atoms with van der Waals surface area (Å²) < 4.78 is 11.8. The summed E-state index contributed by atoms with van der Waals surface area (Å²) in [6.07, 6.45) is 7.89. The molecule has 5 aliphatic rings. The van der Waals surface area contributed by atoms with Crippen molar-refractivity contribution >= 4 is 6.09 Å². The number of hydrogen-bond donors (Lipinski definition) is 1. The highest BCUT2D eigenvalue weighted by atomic mass is 16.6. The van der Waals surface area contributed by atoms with E-state index in [0.29, 0.717) is 19.6 Å². The molecule has 1 saturated heterocycles. The average molecular weight is 337 g/mol. The van der Waals surface area contributed by atoms with Gasteiger partial charge in [-0.3, -0.25) is 4.90 Å². The van der Waals surface area contributed by atoms with Gasteiger partial charge in [-0.1, -0.05) is 6.92 Å². The van der Waals surface area contributed by atoms with Gasteiger partial charge in [-0.25, -0.2) is 4.79 Å². The second kappa shape index (κ2) is 5.34. The van der Waals surface area contributed by atoms with Gasteiger partial charge in [0.1, 0.15) is 0 Å². The lowest BCUT2D eigenvalue weighted by atomic mass is 9.54. The zero-order valence-corrected chi connectivity index (χ0v) is 15.2. The zero-order chi connectivity index (χ0) is 17.2. The molecule has 1 heterocycles. The number of aliphatic hydroxyl groups is 1. The van der Waals surface area contributed by atoms with Crippen LogP contribution in [0.2, 0.25) is 0 Å². The third kappa shape index (κ3) is 2.38. The smallest absolute Gasteiger partial charge is 0.412 e. The Morgan fingerprint density at radius 2 is 1.71 bits per heavy atom. The number of carbonyl (C=O) groups excluding carboxylic acids is 1. The summed E-state index contributed by atoms with van der Waals surface area (Å²) in [5.41, 5.74) is -2.10. The standard InChI is InChI=1S/C19H31NO4/c1-4-17(2)18(3,22)20(16(21)24-17)5-6-23-19-10-13-7-14(11-19)9-15(8-13)12-19/h13-15,22H,4-12H2,1-3H3/t13?,14?,15?,17-,18+,19?/m0/s1. The zero-order valence-electron chi connectivity index (χ0n) is 15.2. The van der Waals surface area contributed by atoms with Gasteiger partial charge in [-0.15, -0.1) is 0 Å². The maximum atomic E-state index is 12.2.